The Labute approximate surface area is 108 Å². The van der Waals surface area contributed by atoms with Crippen molar-refractivity contribution in [3.8, 4) is 5.75 Å². The van der Waals surface area contributed by atoms with Gasteiger partial charge >= 0.3 is 5.97 Å². The van der Waals surface area contributed by atoms with Gasteiger partial charge < -0.3 is 14.8 Å². The maximum atomic E-state index is 11.2. The Kier molecular flexibility index (Phi) is 6.22. The molecular weight excluding hydrogens is 230 g/mol. The maximum absolute atomic E-state index is 11.2. The quantitative estimate of drug-likeness (QED) is 0.754. The van der Waals surface area contributed by atoms with E-state index in [0.717, 1.165) is 24.3 Å². The van der Waals surface area contributed by atoms with Crippen LogP contribution in [0.15, 0.2) is 24.3 Å². The summed E-state index contributed by atoms with van der Waals surface area (Å²) in [6.45, 7) is 5.18. The number of ether oxygens (including phenoxy) is 2. The van der Waals surface area contributed by atoms with Crippen LogP contribution in [0.4, 0.5) is 0 Å². The zero-order valence-electron chi connectivity index (χ0n) is 11.2. The Morgan fingerprint density at radius 3 is 2.89 bits per heavy atom. The number of rotatable bonds is 7. The molecule has 0 aliphatic heterocycles. The van der Waals surface area contributed by atoms with Crippen LogP contribution in [0.25, 0.3) is 0 Å². The standard InChI is InChI=1S/C14H21NO3/c1-4-8-18-13-7-5-6-12(9-13)10-15-11(2)14(16)17-3/h5-7,9,11,15H,4,8,10H2,1-3H3/t11-/m0/s1. The second kappa shape index (κ2) is 7.71. The molecule has 0 fully saturated rings. The van der Waals surface area contributed by atoms with Gasteiger partial charge in [-0.2, -0.15) is 0 Å². The van der Waals surface area contributed by atoms with E-state index < -0.39 is 0 Å². The van der Waals surface area contributed by atoms with Crippen LogP contribution in [0.3, 0.4) is 0 Å². The number of esters is 1. The van der Waals surface area contributed by atoms with Gasteiger partial charge in [-0.15, -0.1) is 0 Å². The minimum absolute atomic E-state index is 0.256. The van der Waals surface area contributed by atoms with Crippen molar-refractivity contribution in [1.29, 1.82) is 0 Å². The van der Waals surface area contributed by atoms with Crippen LogP contribution < -0.4 is 10.1 Å². The van der Waals surface area contributed by atoms with E-state index in [1.54, 1.807) is 6.92 Å². The van der Waals surface area contributed by atoms with Crippen molar-refractivity contribution in [2.75, 3.05) is 13.7 Å². The van der Waals surface area contributed by atoms with Crippen molar-refractivity contribution >= 4 is 5.97 Å². The highest BCUT2D eigenvalue weighted by Gasteiger charge is 2.11. The topological polar surface area (TPSA) is 47.6 Å². The lowest BCUT2D eigenvalue weighted by atomic mass is 10.2. The lowest BCUT2D eigenvalue weighted by Crippen LogP contribution is -2.34. The van der Waals surface area contributed by atoms with Crippen LogP contribution in [-0.2, 0) is 16.1 Å². The fourth-order valence-electron chi connectivity index (χ4n) is 1.50. The van der Waals surface area contributed by atoms with Gasteiger partial charge in [0, 0.05) is 6.54 Å². The molecule has 18 heavy (non-hydrogen) atoms. The molecule has 4 nitrogen and oxygen atoms in total. The number of hydrogen-bond donors (Lipinski definition) is 1. The molecular formula is C14H21NO3. The first kappa shape index (κ1) is 14.5. The highest BCUT2D eigenvalue weighted by atomic mass is 16.5. The summed E-state index contributed by atoms with van der Waals surface area (Å²) < 4.78 is 10.2. The van der Waals surface area contributed by atoms with Gasteiger partial charge in [-0.1, -0.05) is 19.1 Å². The lowest BCUT2D eigenvalue weighted by molar-refractivity contribution is -0.142. The van der Waals surface area contributed by atoms with E-state index in [2.05, 4.69) is 17.0 Å². The molecule has 4 heteroatoms. The van der Waals surface area contributed by atoms with Crippen molar-refractivity contribution in [3.63, 3.8) is 0 Å². The summed E-state index contributed by atoms with van der Waals surface area (Å²) >= 11 is 0. The number of benzene rings is 1. The minimum Gasteiger partial charge on any atom is -0.494 e. The molecule has 1 atom stereocenters. The van der Waals surface area contributed by atoms with Crippen LogP contribution in [0.5, 0.6) is 5.75 Å². The molecule has 100 valence electrons. The number of nitrogens with one attached hydrogen (secondary N) is 1. The van der Waals surface area contributed by atoms with Gasteiger partial charge in [0.2, 0.25) is 0 Å². The van der Waals surface area contributed by atoms with Gasteiger partial charge in [0.25, 0.3) is 0 Å². The molecule has 0 bridgehead atoms. The normalized spacial score (nSPS) is 11.9. The summed E-state index contributed by atoms with van der Waals surface area (Å²) in [6, 6.07) is 7.55. The van der Waals surface area contributed by atoms with E-state index in [9.17, 15) is 4.79 Å². The monoisotopic (exact) mass is 251 g/mol. The van der Waals surface area contributed by atoms with Gasteiger partial charge in [-0.05, 0) is 31.0 Å². The molecule has 0 spiro atoms. The molecule has 0 radical (unpaired) electrons. The van der Waals surface area contributed by atoms with E-state index in [1.807, 2.05) is 24.3 Å². The van der Waals surface area contributed by atoms with Crippen molar-refractivity contribution < 1.29 is 14.3 Å². The van der Waals surface area contributed by atoms with Gasteiger partial charge in [0.05, 0.1) is 13.7 Å². The van der Waals surface area contributed by atoms with Crippen molar-refractivity contribution in [2.24, 2.45) is 0 Å². The van der Waals surface area contributed by atoms with Gasteiger partial charge in [0.15, 0.2) is 0 Å². The predicted octanol–water partition coefficient (Wildman–Crippen LogP) is 2.13. The molecule has 0 saturated heterocycles. The van der Waals surface area contributed by atoms with E-state index >= 15 is 0 Å². The number of carbonyl (C=O) groups is 1. The Balaban J connectivity index is 2.49. The second-order valence-corrected chi connectivity index (χ2v) is 4.12. The summed E-state index contributed by atoms with van der Waals surface area (Å²) in [6.07, 6.45) is 0.988. The highest BCUT2D eigenvalue weighted by Crippen LogP contribution is 2.13. The number of methoxy groups -OCH3 is 1. The maximum Gasteiger partial charge on any atom is 0.322 e. The summed E-state index contributed by atoms with van der Waals surface area (Å²) in [5.74, 6) is 0.607. The molecule has 0 aromatic heterocycles. The van der Waals surface area contributed by atoms with Crippen LogP contribution in [0.2, 0.25) is 0 Å². The number of hydrogen-bond acceptors (Lipinski definition) is 4. The highest BCUT2D eigenvalue weighted by molar-refractivity contribution is 5.75. The van der Waals surface area contributed by atoms with Gasteiger partial charge in [0.1, 0.15) is 11.8 Å². The lowest BCUT2D eigenvalue weighted by Gasteiger charge is -2.12. The molecule has 0 aliphatic rings. The molecule has 1 aromatic rings. The summed E-state index contributed by atoms with van der Waals surface area (Å²) in [7, 11) is 1.39. The largest absolute Gasteiger partial charge is 0.494 e. The molecule has 1 rings (SSSR count). The van der Waals surface area contributed by atoms with Gasteiger partial charge in [-0.3, -0.25) is 4.79 Å². The third-order valence-corrected chi connectivity index (χ3v) is 2.54. The first-order valence-electron chi connectivity index (χ1n) is 6.20. The first-order valence-corrected chi connectivity index (χ1v) is 6.20. The van der Waals surface area contributed by atoms with E-state index in [0.29, 0.717) is 6.54 Å². The van der Waals surface area contributed by atoms with Gasteiger partial charge in [-0.25, -0.2) is 0 Å². The zero-order chi connectivity index (χ0) is 13.4. The van der Waals surface area contributed by atoms with E-state index in [4.69, 9.17) is 4.74 Å². The smallest absolute Gasteiger partial charge is 0.322 e. The average molecular weight is 251 g/mol. The molecule has 0 heterocycles. The fraction of sp³-hybridized carbons (Fsp3) is 0.500. The molecule has 0 saturated carbocycles. The SMILES string of the molecule is CCCOc1cccc(CN[C@@H](C)C(=O)OC)c1. The van der Waals surface area contributed by atoms with Crippen LogP contribution in [-0.4, -0.2) is 25.7 Å². The summed E-state index contributed by atoms with van der Waals surface area (Å²) in [5.41, 5.74) is 1.08. The summed E-state index contributed by atoms with van der Waals surface area (Å²) in [4.78, 5) is 11.2. The third kappa shape index (κ3) is 4.75. The van der Waals surface area contributed by atoms with Crippen LogP contribution in [0.1, 0.15) is 25.8 Å². The summed E-state index contributed by atoms with van der Waals surface area (Å²) in [5, 5.41) is 3.10. The number of carbonyl (C=O) groups excluding carboxylic acids is 1. The fourth-order valence-corrected chi connectivity index (χ4v) is 1.50. The Hall–Kier alpha value is -1.55. The average Bonchev–Trinajstić information content (AvgIpc) is 2.42. The Morgan fingerprint density at radius 2 is 2.22 bits per heavy atom. The van der Waals surface area contributed by atoms with E-state index in [-0.39, 0.29) is 12.0 Å². The predicted molar refractivity (Wildman–Crippen MR) is 70.5 cm³/mol. The third-order valence-electron chi connectivity index (χ3n) is 2.54. The van der Waals surface area contributed by atoms with Crippen molar-refractivity contribution in [2.45, 2.75) is 32.9 Å². The second-order valence-electron chi connectivity index (χ2n) is 4.12. The first-order chi connectivity index (χ1) is 8.67. The van der Waals surface area contributed by atoms with Crippen LogP contribution >= 0.6 is 0 Å². The Bertz CT molecular complexity index is 379. The van der Waals surface area contributed by atoms with E-state index in [1.165, 1.54) is 7.11 Å². The van der Waals surface area contributed by atoms with Crippen LogP contribution in [0, 0.1) is 0 Å². The minimum atomic E-state index is -0.310. The zero-order valence-corrected chi connectivity index (χ0v) is 11.2. The molecule has 0 unspecified atom stereocenters. The molecule has 1 N–H and O–H groups in total. The molecule has 0 aliphatic carbocycles. The molecule has 0 amide bonds. The van der Waals surface area contributed by atoms with Crippen molar-refractivity contribution in [3.05, 3.63) is 29.8 Å². The molecule has 1 aromatic carbocycles. The van der Waals surface area contributed by atoms with Crippen molar-refractivity contribution in [1.82, 2.24) is 5.32 Å². The Morgan fingerprint density at radius 1 is 1.44 bits per heavy atom.